The van der Waals surface area contributed by atoms with E-state index in [9.17, 15) is 9.18 Å². The zero-order valence-corrected chi connectivity index (χ0v) is 22.0. The van der Waals surface area contributed by atoms with Crippen LogP contribution in [0, 0.1) is 5.82 Å². The molecule has 3 fully saturated rings. The molecule has 2 bridgehead atoms. The van der Waals surface area contributed by atoms with Gasteiger partial charge in [-0.1, -0.05) is 17.7 Å². The molecule has 2 N–H and O–H groups in total. The van der Waals surface area contributed by atoms with E-state index in [1.807, 2.05) is 6.08 Å². The van der Waals surface area contributed by atoms with Crippen LogP contribution in [0.25, 0.3) is 10.9 Å². The molecule has 3 saturated heterocycles. The van der Waals surface area contributed by atoms with Crippen LogP contribution in [0.4, 0.5) is 21.6 Å². The van der Waals surface area contributed by atoms with Crippen molar-refractivity contribution in [2.24, 2.45) is 0 Å². The highest BCUT2D eigenvalue weighted by Gasteiger charge is 2.33. The van der Waals surface area contributed by atoms with Gasteiger partial charge in [-0.2, -0.15) is 0 Å². The van der Waals surface area contributed by atoms with Crippen LogP contribution in [0.2, 0.25) is 5.02 Å². The van der Waals surface area contributed by atoms with Gasteiger partial charge in [0, 0.05) is 49.3 Å². The van der Waals surface area contributed by atoms with Gasteiger partial charge in [-0.25, -0.2) is 14.4 Å². The first-order valence-corrected chi connectivity index (χ1v) is 13.5. The number of halogens is 2. The lowest BCUT2D eigenvalue weighted by atomic mass is 10.1. The van der Waals surface area contributed by atoms with Gasteiger partial charge < -0.3 is 24.8 Å². The Morgan fingerprint density at radius 1 is 1.18 bits per heavy atom. The highest BCUT2D eigenvalue weighted by atomic mass is 35.5. The smallest absolute Gasteiger partial charge is 0.248 e. The van der Waals surface area contributed by atoms with Crippen molar-refractivity contribution in [1.29, 1.82) is 0 Å². The molecule has 1 amide bonds. The Morgan fingerprint density at radius 3 is 2.79 bits per heavy atom. The van der Waals surface area contributed by atoms with E-state index in [0.717, 1.165) is 32.4 Å². The predicted octanol–water partition coefficient (Wildman–Crippen LogP) is 4.69. The van der Waals surface area contributed by atoms with Gasteiger partial charge in [-0.15, -0.1) is 0 Å². The third kappa shape index (κ3) is 6.14. The Bertz CT molecular complexity index is 1390. The second-order valence-corrected chi connectivity index (χ2v) is 10.4. The standard InChI is InChI=1S/C28H29ClFN5O4/c29-22-10-17(3-6-23(22)30)33-28-21-11-25(26(12-24(21)31-16-32-28)39-20-7-9-37-15-20)34-27(36)2-1-8-35-13-18-4-5-19(14-35)38-18/h1-3,6,10-12,16,18-20H,4-5,7-9,13-15H2,(H,34,36)(H,31,32,33)/b2-1+/t18?,19?,20-/m0/s1. The minimum Gasteiger partial charge on any atom is -0.486 e. The Morgan fingerprint density at radius 2 is 2.03 bits per heavy atom. The number of hydrogen-bond acceptors (Lipinski definition) is 8. The monoisotopic (exact) mass is 553 g/mol. The highest BCUT2D eigenvalue weighted by Crippen LogP contribution is 2.35. The predicted molar refractivity (Wildman–Crippen MR) is 146 cm³/mol. The van der Waals surface area contributed by atoms with Gasteiger partial charge in [0.05, 0.1) is 41.6 Å². The van der Waals surface area contributed by atoms with Gasteiger partial charge in [0.2, 0.25) is 5.91 Å². The molecule has 0 saturated carbocycles. The van der Waals surface area contributed by atoms with Gasteiger partial charge >= 0.3 is 0 Å². The molecule has 3 aliphatic rings. The van der Waals surface area contributed by atoms with Crippen molar-refractivity contribution in [1.82, 2.24) is 14.9 Å². The Balaban J connectivity index is 1.23. The third-order valence-corrected chi connectivity index (χ3v) is 7.40. The summed E-state index contributed by atoms with van der Waals surface area (Å²) in [7, 11) is 0. The third-order valence-electron chi connectivity index (χ3n) is 7.11. The first kappa shape index (κ1) is 25.9. The topological polar surface area (TPSA) is 97.8 Å². The van der Waals surface area contributed by atoms with Crippen LogP contribution in [0.5, 0.6) is 5.75 Å². The van der Waals surface area contributed by atoms with E-state index in [1.54, 1.807) is 24.3 Å². The number of fused-ring (bicyclic) bond motifs is 3. The Kier molecular flexibility index (Phi) is 7.60. The van der Waals surface area contributed by atoms with Crippen molar-refractivity contribution in [2.75, 3.05) is 43.5 Å². The molecule has 2 aromatic carbocycles. The van der Waals surface area contributed by atoms with Gasteiger partial charge in [0.1, 0.15) is 29.8 Å². The first-order chi connectivity index (χ1) is 19.0. The fourth-order valence-electron chi connectivity index (χ4n) is 5.21. The largest absolute Gasteiger partial charge is 0.486 e. The average Bonchev–Trinajstić information content (AvgIpc) is 3.55. The number of likely N-dealkylation sites (tertiary alicyclic amines) is 1. The SMILES string of the molecule is O=C(/C=C/CN1CC2CCC(C1)O2)Nc1cc2c(Nc3ccc(F)c(Cl)c3)ncnc2cc1O[C@H]1CCOC1. The normalized spacial score (nSPS) is 23.0. The van der Waals surface area contributed by atoms with Crippen molar-refractivity contribution in [3.8, 4) is 5.75 Å². The molecule has 3 aliphatic heterocycles. The van der Waals surface area contributed by atoms with Gasteiger partial charge in [0.25, 0.3) is 0 Å². The molecule has 0 radical (unpaired) electrons. The fourth-order valence-corrected chi connectivity index (χ4v) is 5.39. The molecular formula is C28H29ClFN5O4. The number of nitrogens with one attached hydrogen (secondary N) is 2. The number of anilines is 3. The van der Waals surface area contributed by atoms with Crippen LogP contribution in [0.3, 0.4) is 0 Å². The Hall–Kier alpha value is -3.31. The minimum atomic E-state index is -0.508. The summed E-state index contributed by atoms with van der Waals surface area (Å²) in [6, 6.07) is 7.89. The van der Waals surface area contributed by atoms with Crippen LogP contribution in [0.15, 0.2) is 48.8 Å². The van der Waals surface area contributed by atoms with Crippen LogP contribution in [-0.4, -0.2) is 71.9 Å². The maximum Gasteiger partial charge on any atom is 0.248 e. The number of ether oxygens (including phenoxy) is 3. The number of hydrogen-bond donors (Lipinski definition) is 2. The van der Waals surface area contributed by atoms with Crippen LogP contribution >= 0.6 is 11.6 Å². The van der Waals surface area contributed by atoms with Crippen molar-refractivity contribution in [2.45, 2.75) is 37.6 Å². The molecule has 39 heavy (non-hydrogen) atoms. The van der Waals surface area contributed by atoms with Crippen molar-refractivity contribution in [3.63, 3.8) is 0 Å². The zero-order chi connectivity index (χ0) is 26.8. The molecule has 11 heteroatoms. The lowest BCUT2D eigenvalue weighted by Gasteiger charge is -2.31. The molecule has 0 spiro atoms. The summed E-state index contributed by atoms with van der Waals surface area (Å²) in [5.41, 5.74) is 1.67. The number of benzene rings is 2. The van der Waals surface area contributed by atoms with E-state index in [0.29, 0.717) is 65.8 Å². The zero-order valence-electron chi connectivity index (χ0n) is 21.2. The molecule has 0 aliphatic carbocycles. The van der Waals surface area contributed by atoms with Crippen LogP contribution < -0.4 is 15.4 Å². The van der Waals surface area contributed by atoms with Crippen molar-refractivity contribution >= 4 is 45.6 Å². The van der Waals surface area contributed by atoms with E-state index in [4.69, 9.17) is 25.8 Å². The maximum atomic E-state index is 13.6. The summed E-state index contributed by atoms with van der Waals surface area (Å²) in [4.78, 5) is 24.0. The molecular weight excluding hydrogens is 525 g/mol. The van der Waals surface area contributed by atoms with E-state index in [1.165, 1.54) is 18.5 Å². The summed E-state index contributed by atoms with van der Waals surface area (Å²) < 4.78 is 31.2. The highest BCUT2D eigenvalue weighted by molar-refractivity contribution is 6.31. The number of carbonyl (C=O) groups excluding carboxylic acids is 1. The molecule has 2 unspecified atom stereocenters. The maximum absolute atomic E-state index is 13.6. The number of amides is 1. The molecule has 1 aromatic heterocycles. The Labute approximate surface area is 230 Å². The molecule has 4 heterocycles. The lowest BCUT2D eigenvalue weighted by molar-refractivity contribution is -0.111. The summed E-state index contributed by atoms with van der Waals surface area (Å²) >= 11 is 5.95. The van der Waals surface area contributed by atoms with Gasteiger partial charge in [0.15, 0.2) is 0 Å². The van der Waals surface area contributed by atoms with Crippen LogP contribution in [0.1, 0.15) is 19.3 Å². The number of rotatable bonds is 8. The molecule has 204 valence electrons. The second-order valence-electron chi connectivity index (χ2n) is 10.0. The fraction of sp³-hybridized carbons (Fsp3) is 0.393. The summed E-state index contributed by atoms with van der Waals surface area (Å²) in [6.45, 7) is 3.58. The minimum absolute atomic E-state index is 0.00250. The van der Waals surface area contributed by atoms with Crippen LogP contribution in [-0.2, 0) is 14.3 Å². The molecule has 3 atom stereocenters. The summed E-state index contributed by atoms with van der Waals surface area (Å²) in [6.07, 6.45) is 8.31. The first-order valence-electron chi connectivity index (χ1n) is 13.1. The van der Waals surface area contributed by atoms with E-state index in [2.05, 4.69) is 25.5 Å². The molecule has 9 nitrogen and oxygen atoms in total. The summed E-state index contributed by atoms with van der Waals surface area (Å²) in [5, 5.41) is 6.78. The number of carbonyl (C=O) groups is 1. The quantitative estimate of drug-likeness (QED) is 0.388. The van der Waals surface area contributed by atoms with E-state index in [-0.39, 0.29) is 17.0 Å². The number of aromatic nitrogens is 2. The van der Waals surface area contributed by atoms with E-state index < -0.39 is 5.82 Å². The number of nitrogens with zero attached hydrogens (tertiary/aromatic N) is 3. The average molecular weight is 554 g/mol. The lowest BCUT2D eigenvalue weighted by Crippen LogP contribution is -2.42. The van der Waals surface area contributed by atoms with Crippen molar-refractivity contribution in [3.05, 3.63) is 59.7 Å². The van der Waals surface area contributed by atoms with Gasteiger partial charge in [-0.3, -0.25) is 9.69 Å². The number of morpholine rings is 1. The van der Waals surface area contributed by atoms with Gasteiger partial charge in [-0.05, 0) is 37.1 Å². The van der Waals surface area contributed by atoms with Crippen molar-refractivity contribution < 1.29 is 23.4 Å². The summed E-state index contributed by atoms with van der Waals surface area (Å²) in [5.74, 6) is 0.201. The van der Waals surface area contributed by atoms with E-state index >= 15 is 0 Å². The molecule has 3 aromatic rings. The molecule has 6 rings (SSSR count). The second kappa shape index (κ2) is 11.4.